The van der Waals surface area contributed by atoms with Gasteiger partial charge in [0.15, 0.2) is 0 Å². The molecule has 5 heteroatoms. The smallest absolute Gasteiger partial charge is 0.266 e. The normalized spacial score (nSPS) is 13.1. The molecule has 0 saturated carbocycles. The molecule has 1 heterocycles. The Balaban J connectivity index is 1.61. The number of anilines is 1. The summed E-state index contributed by atoms with van der Waals surface area (Å²) in [5, 5.41) is 0. The molecule has 3 aromatic carbocycles. The van der Waals surface area contributed by atoms with Crippen molar-refractivity contribution < 1.29 is 14.3 Å². The molecule has 0 N–H and O–H groups in total. The molecule has 122 valence electrons. The van der Waals surface area contributed by atoms with Crippen LogP contribution in [0.4, 0.5) is 5.69 Å². The summed E-state index contributed by atoms with van der Waals surface area (Å²) in [6, 6.07) is 21.4. The molecule has 4 nitrogen and oxygen atoms in total. The summed E-state index contributed by atoms with van der Waals surface area (Å²) in [5.41, 5.74) is 1.34. The van der Waals surface area contributed by atoms with Gasteiger partial charge in [-0.05, 0) is 54.6 Å². The van der Waals surface area contributed by atoms with Gasteiger partial charge in [-0.25, -0.2) is 4.90 Å². The van der Waals surface area contributed by atoms with E-state index in [4.69, 9.17) is 4.74 Å². The molecule has 0 bridgehead atoms. The molecule has 0 aromatic heterocycles. The Labute approximate surface area is 152 Å². The van der Waals surface area contributed by atoms with E-state index in [0.29, 0.717) is 22.6 Å². The second-order valence-corrected chi connectivity index (χ2v) is 6.46. The fourth-order valence-corrected chi connectivity index (χ4v) is 3.10. The summed E-state index contributed by atoms with van der Waals surface area (Å²) in [6.07, 6.45) is 0. The van der Waals surface area contributed by atoms with Crippen LogP contribution in [0.3, 0.4) is 0 Å². The van der Waals surface area contributed by atoms with E-state index in [0.717, 1.165) is 10.2 Å². The Morgan fingerprint density at radius 1 is 0.720 bits per heavy atom. The molecule has 1 aliphatic rings. The van der Waals surface area contributed by atoms with Gasteiger partial charge in [-0.3, -0.25) is 9.59 Å². The van der Waals surface area contributed by atoms with Crippen LogP contribution in [0.2, 0.25) is 0 Å². The molecule has 0 aliphatic carbocycles. The Bertz CT molecular complexity index is 968. The molecule has 0 unspecified atom stereocenters. The van der Waals surface area contributed by atoms with Crippen molar-refractivity contribution in [1.29, 1.82) is 0 Å². The fraction of sp³-hybridized carbons (Fsp3) is 0. The van der Waals surface area contributed by atoms with Gasteiger partial charge in [-0.2, -0.15) is 0 Å². The fourth-order valence-electron chi connectivity index (χ4n) is 2.74. The summed E-state index contributed by atoms with van der Waals surface area (Å²) >= 11 is 3.33. The van der Waals surface area contributed by atoms with Crippen LogP contribution >= 0.6 is 15.9 Å². The molecule has 0 fully saturated rings. The van der Waals surface area contributed by atoms with Gasteiger partial charge in [-0.15, -0.1) is 0 Å². The quantitative estimate of drug-likeness (QED) is 0.585. The van der Waals surface area contributed by atoms with E-state index in [2.05, 4.69) is 15.9 Å². The lowest BCUT2D eigenvalue weighted by atomic mass is 10.1. The SMILES string of the molecule is O=C1c2ccc(Br)cc2C(=O)N1c1ccc(Oc2ccccc2)cc1. The van der Waals surface area contributed by atoms with Crippen molar-refractivity contribution in [1.82, 2.24) is 0 Å². The summed E-state index contributed by atoms with van der Waals surface area (Å²) in [4.78, 5) is 26.3. The maximum atomic E-state index is 12.6. The second-order valence-electron chi connectivity index (χ2n) is 5.54. The predicted molar refractivity (Wildman–Crippen MR) is 98.2 cm³/mol. The van der Waals surface area contributed by atoms with Gasteiger partial charge in [0.05, 0.1) is 16.8 Å². The third-order valence-corrected chi connectivity index (χ3v) is 4.42. The lowest BCUT2D eigenvalue weighted by Crippen LogP contribution is -2.29. The number of imide groups is 1. The van der Waals surface area contributed by atoms with Crippen molar-refractivity contribution in [2.45, 2.75) is 0 Å². The van der Waals surface area contributed by atoms with Crippen LogP contribution in [0, 0.1) is 0 Å². The first-order valence-electron chi connectivity index (χ1n) is 7.65. The average molecular weight is 394 g/mol. The first-order valence-corrected chi connectivity index (χ1v) is 8.44. The number of ether oxygens (including phenoxy) is 1. The number of hydrogen-bond acceptors (Lipinski definition) is 3. The van der Waals surface area contributed by atoms with Crippen LogP contribution < -0.4 is 9.64 Å². The van der Waals surface area contributed by atoms with Crippen molar-refractivity contribution in [2.75, 3.05) is 4.90 Å². The second kappa shape index (κ2) is 6.18. The average Bonchev–Trinajstić information content (AvgIpc) is 2.87. The summed E-state index contributed by atoms with van der Waals surface area (Å²) < 4.78 is 6.50. The molecule has 0 radical (unpaired) electrons. The first-order chi connectivity index (χ1) is 12.1. The zero-order valence-corrected chi connectivity index (χ0v) is 14.6. The Kier molecular flexibility index (Phi) is 3.86. The Hall–Kier alpha value is -2.92. The van der Waals surface area contributed by atoms with E-state index < -0.39 is 0 Å². The molecule has 0 atom stereocenters. The topological polar surface area (TPSA) is 46.6 Å². The van der Waals surface area contributed by atoms with Crippen LogP contribution in [0.1, 0.15) is 20.7 Å². The van der Waals surface area contributed by atoms with E-state index >= 15 is 0 Å². The van der Waals surface area contributed by atoms with Gasteiger partial charge in [0, 0.05) is 4.47 Å². The Morgan fingerprint density at radius 3 is 2.08 bits per heavy atom. The highest BCUT2D eigenvalue weighted by Gasteiger charge is 2.36. The van der Waals surface area contributed by atoms with E-state index in [9.17, 15) is 9.59 Å². The van der Waals surface area contributed by atoms with Gasteiger partial charge in [-0.1, -0.05) is 34.1 Å². The predicted octanol–water partition coefficient (Wildman–Crippen LogP) is 5.04. The number of amides is 2. The lowest BCUT2D eigenvalue weighted by molar-refractivity contribution is 0.0926. The third kappa shape index (κ3) is 2.83. The van der Waals surface area contributed by atoms with Crippen molar-refractivity contribution in [3.8, 4) is 11.5 Å². The number of rotatable bonds is 3. The minimum Gasteiger partial charge on any atom is -0.457 e. The van der Waals surface area contributed by atoms with Gasteiger partial charge in [0.25, 0.3) is 11.8 Å². The number of para-hydroxylation sites is 1. The van der Waals surface area contributed by atoms with Crippen molar-refractivity contribution >= 4 is 33.4 Å². The number of carbonyl (C=O) groups excluding carboxylic acids is 2. The van der Waals surface area contributed by atoms with Gasteiger partial charge in [0.2, 0.25) is 0 Å². The van der Waals surface area contributed by atoms with Crippen LogP contribution in [-0.4, -0.2) is 11.8 Å². The molecule has 1 aliphatic heterocycles. The highest BCUT2D eigenvalue weighted by atomic mass is 79.9. The van der Waals surface area contributed by atoms with E-state index in [1.54, 1.807) is 42.5 Å². The highest BCUT2D eigenvalue weighted by molar-refractivity contribution is 9.10. The number of nitrogens with zero attached hydrogens (tertiary/aromatic N) is 1. The van der Waals surface area contributed by atoms with E-state index in [1.165, 1.54) is 4.90 Å². The molecule has 0 saturated heterocycles. The number of hydrogen-bond donors (Lipinski definition) is 0. The van der Waals surface area contributed by atoms with Crippen molar-refractivity contribution in [2.24, 2.45) is 0 Å². The summed E-state index contributed by atoms with van der Waals surface area (Å²) in [5.74, 6) is 0.720. The maximum absolute atomic E-state index is 12.6. The molecular formula is C20H12BrNO3. The van der Waals surface area contributed by atoms with E-state index in [1.807, 2.05) is 30.3 Å². The van der Waals surface area contributed by atoms with Crippen molar-refractivity contribution in [3.63, 3.8) is 0 Å². The van der Waals surface area contributed by atoms with Crippen LogP contribution in [-0.2, 0) is 0 Å². The standard InChI is InChI=1S/C20H12BrNO3/c21-13-6-11-17-18(12-13)20(24)22(19(17)23)14-7-9-16(10-8-14)25-15-4-2-1-3-5-15/h1-12H. The minimum absolute atomic E-state index is 0.316. The molecular weight excluding hydrogens is 382 g/mol. The lowest BCUT2D eigenvalue weighted by Gasteiger charge is -2.14. The zero-order chi connectivity index (χ0) is 17.4. The number of benzene rings is 3. The van der Waals surface area contributed by atoms with Gasteiger partial charge >= 0.3 is 0 Å². The zero-order valence-electron chi connectivity index (χ0n) is 13.0. The van der Waals surface area contributed by atoms with Gasteiger partial charge in [0.1, 0.15) is 11.5 Å². The Morgan fingerprint density at radius 2 is 1.36 bits per heavy atom. The third-order valence-electron chi connectivity index (χ3n) is 3.92. The van der Waals surface area contributed by atoms with E-state index in [-0.39, 0.29) is 11.8 Å². The maximum Gasteiger partial charge on any atom is 0.266 e. The number of halogens is 1. The molecule has 2 amide bonds. The van der Waals surface area contributed by atoms with Crippen molar-refractivity contribution in [3.05, 3.63) is 88.4 Å². The number of fused-ring (bicyclic) bond motifs is 1. The molecule has 25 heavy (non-hydrogen) atoms. The van der Waals surface area contributed by atoms with Crippen LogP contribution in [0.5, 0.6) is 11.5 Å². The molecule has 0 spiro atoms. The summed E-state index contributed by atoms with van der Waals surface area (Å²) in [6.45, 7) is 0. The monoisotopic (exact) mass is 393 g/mol. The largest absolute Gasteiger partial charge is 0.457 e. The number of carbonyl (C=O) groups is 2. The first kappa shape index (κ1) is 15.6. The highest BCUT2D eigenvalue weighted by Crippen LogP contribution is 2.31. The molecule has 4 rings (SSSR count). The van der Waals surface area contributed by atoms with Crippen LogP contribution in [0.15, 0.2) is 77.3 Å². The molecule has 3 aromatic rings. The van der Waals surface area contributed by atoms with Gasteiger partial charge < -0.3 is 4.74 Å². The minimum atomic E-state index is -0.321. The summed E-state index contributed by atoms with van der Waals surface area (Å²) in [7, 11) is 0. The van der Waals surface area contributed by atoms with Crippen LogP contribution in [0.25, 0.3) is 0 Å².